The number of esters is 1. The molecular formula is C31H30F3N3O3. The average Bonchev–Trinajstić information content (AvgIpc) is 3.39. The molecular weight excluding hydrogens is 519 g/mol. The van der Waals surface area contributed by atoms with Gasteiger partial charge in [-0.1, -0.05) is 48.5 Å². The van der Waals surface area contributed by atoms with Crippen LogP contribution in [0.1, 0.15) is 71.5 Å². The number of halogens is 3. The molecule has 0 bridgehead atoms. The smallest absolute Gasteiger partial charge is 0.416 e. The lowest BCUT2D eigenvalue weighted by Gasteiger charge is -2.28. The summed E-state index contributed by atoms with van der Waals surface area (Å²) in [7, 11) is 0. The summed E-state index contributed by atoms with van der Waals surface area (Å²) in [6.45, 7) is 1.86. The van der Waals surface area contributed by atoms with Gasteiger partial charge in [0.1, 0.15) is 12.4 Å². The fraction of sp³-hybridized carbons (Fsp3) is 0.323. The number of nitrogens with zero attached hydrogens (tertiary/aromatic N) is 2. The molecule has 2 aromatic carbocycles. The lowest BCUT2D eigenvalue weighted by Crippen LogP contribution is -2.39. The van der Waals surface area contributed by atoms with Crippen LogP contribution in [0.3, 0.4) is 0 Å². The van der Waals surface area contributed by atoms with E-state index < -0.39 is 11.7 Å². The molecule has 0 saturated heterocycles. The third kappa shape index (κ3) is 6.19. The monoisotopic (exact) mass is 549 g/mol. The zero-order valence-electron chi connectivity index (χ0n) is 22.0. The van der Waals surface area contributed by atoms with Gasteiger partial charge in [-0.2, -0.15) is 13.2 Å². The van der Waals surface area contributed by atoms with Gasteiger partial charge in [-0.05, 0) is 73.9 Å². The molecule has 6 nitrogen and oxygen atoms in total. The summed E-state index contributed by atoms with van der Waals surface area (Å²) in [6, 6.07) is 18.2. The van der Waals surface area contributed by atoms with E-state index in [0.717, 1.165) is 23.3 Å². The number of rotatable bonds is 7. The Morgan fingerprint density at radius 2 is 1.70 bits per heavy atom. The van der Waals surface area contributed by atoms with E-state index >= 15 is 0 Å². The van der Waals surface area contributed by atoms with E-state index in [1.165, 1.54) is 12.1 Å². The van der Waals surface area contributed by atoms with Crippen molar-refractivity contribution in [2.75, 3.05) is 0 Å². The van der Waals surface area contributed by atoms with E-state index in [9.17, 15) is 22.8 Å². The molecule has 2 aromatic heterocycles. The number of pyridine rings is 1. The number of hydrogen-bond donors (Lipinski definition) is 1. The Bertz CT molecular complexity index is 1470. The zero-order chi connectivity index (χ0) is 28.3. The van der Waals surface area contributed by atoms with Gasteiger partial charge in [0.2, 0.25) is 0 Å². The normalized spacial score (nSPS) is 18.3. The van der Waals surface area contributed by atoms with Crippen LogP contribution in [0.4, 0.5) is 13.2 Å². The molecule has 0 unspecified atom stereocenters. The molecule has 1 saturated carbocycles. The van der Waals surface area contributed by atoms with Gasteiger partial charge >= 0.3 is 12.1 Å². The lowest BCUT2D eigenvalue weighted by atomic mass is 9.86. The molecule has 0 spiro atoms. The highest BCUT2D eigenvalue weighted by molar-refractivity contribution is 6.00. The molecule has 1 fully saturated rings. The van der Waals surface area contributed by atoms with Crippen molar-refractivity contribution >= 4 is 17.4 Å². The highest BCUT2D eigenvalue weighted by atomic mass is 19.4. The number of ether oxygens (including phenoxy) is 1. The van der Waals surface area contributed by atoms with Gasteiger partial charge in [0.25, 0.3) is 5.91 Å². The first-order valence-electron chi connectivity index (χ1n) is 13.4. The minimum Gasteiger partial charge on any atom is -0.458 e. The van der Waals surface area contributed by atoms with Crippen LogP contribution in [0, 0.1) is 5.92 Å². The van der Waals surface area contributed by atoms with Crippen molar-refractivity contribution in [1.29, 1.82) is 0 Å². The topological polar surface area (TPSA) is 72.7 Å². The molecule has 1 N–H and O–H groups in total. The second-order valence-corrected chi connectivity index (χ2v) is 10.3. The van der Waals surface area contributed by atoms with E-state index in [0.29, 0.717) is 43.2 Å². The molecule has 5 rings (SSSR count). The van der Waals surface area contributed by atoms with Crippen LogP contribution < -0.4 is 5.32 Å². The summed E-state index contributed by atoms with van der Waals surface area (Å²) in [5.41, 5.74) is 2.60. The molecule has 9 heteroatoms. The predicted octanol–water partition coefficient (Wildman–Crippen LogP) is 6.54. The maximum Gasteiger partial charge on any atom is 0.416 e. The van der Waals surface area contributed by atoms with Crippen molar-refractivity contribution < 1.29 is 27.5 Å². The number of hydrogen-bond acceptors (Lipinski definition) is 4. The highest BCUT2D eigenvalue weighted by Gasteiger charge is 2.31. The van der Waals surface area contributed by atoms with Crippen molar-refractivity contribution in [2.45, 2.75) is 57.3 Å². The average molecular weight is 550 g/mol. The molecule has 4 aromatic rings. The van der Waals surface area contributed by atoms with Gasteiger partial charge in [-0.3, -0.25) is 9.59 Å². The molecule has 208 valence electrons. The SMILES string of the molecule is C[C@H](OC(=O)C1CCC(NC(=O)c2ncn3cccc(Cc4ccc(C(F)(F)F)cc4)c23)CC1)c1ccccc1. The van der Waals surface area contributed by atoms with Crippen LogP contribution in [0.15, 0.2) is 79.3 Å². The first-order valence-corrected chi connectivity index (χ1v) is 13.4. The van der Waals surface area contributed by atoms with Crippen molar-refractivity contribution in [1.82, 2.24) is 14.7 Å². The third-order valence-electron chi connectivity index (χ3n) is 7.49. The van der Waals surface area contributed by atoms with Gasteiger partial charge in [0.05, 0.1) is 17.0 Å². The fourth-order valence-electron chi connectivity index (χ4n) is 5.25. The molecule has 2 heterocycles. The Hall–Kier alpha value is -4.14. The van der Waals surface area contributed by atoms with Crippen LogP contribution in [-0.2, 0) is 22.1 Å². The van der Waals surface area contributed by atoms with E-state index in [1.807, 2.05) is 49.4 Å². The van der Waals surface area contributed by atoms with Crippen LogP contribution in [0.25, 0.3) is 5.52 Å². The first-order chi connectivity index (χ1) is 19.2. The summed E-state index contributed by atoms with van der Waals surface area (Å²) >= 11 is 0. The first kappa shape index (κ1) is 27.4. The number of benzene rings is 2. The Morgan fingerprint density at radius 1 is 1.00 bits per heavy atom. The van der Waals surface area contributed by atoms with Crippen LogP contribution >= 0.6 is 0 Å². The highest BCUT2D eigenvalue weighted by Crippen LogP contribution is 2.30. The van der Waals surface area contributed by atoms with Crippen molar-refractivity contribution in [3.63, 3.8) is 0 Å². The number of aromatic nitrogens is 2. The number of imidazole rings is 1. The Labute approximate surface area is 230 Å². The van der Waals surface area contributed by atoms with E-state index in [2.05, 4.69) is 10.3 Å². The Kier molecular flexibility index (Phi) is 7.91. The van der Waals surface area contributed by atoms with Crippen molar-refractivity contribution in [3.8, 4) is 0 Å². The Morgan fingerprint density at radius 3 is 2.38 bits per heavy atom. The Balaban J connectivity index is 1.21. The molecule has 0 aliphatic heterocycles. The number of alkyl halides is 3. The van der Waals surface area contributed by atoms with Gasteiger partial charge in [0, 0.05) is 12.2 Å². The van der Waals surface area contributed by atoms with Crippen molar-refractivity contribution in [3.05, 3.63) is 107 Å². The van der Waals surface area contributed by atoms with Crippen molar-refractivity contribution in [2.24, 2.45) is 5.92 Å². The number of nitrogens with one attached hydrogen (secondary N) is 1. The second kappa shape index (κ2) is 11.5. The van der Waals surface area contributed by atoms with Gasteiger partial charge in [-0.25, -0.2) is 4.98 Å². The maximum absolute atomic E-state index is 13.3. The van der Waals surface area contributed by atoms with E-state index in [1.54, 1.807) is 16.9 Å². The number of amides is 1. The molecule has 1 aliphatic rings. The standard InChI is InChI=1S/C31H30F3N3O3/c1-20(22-6-3-2-4-7-22)40-30(39)23-11-15-26(16-12-23)36-29(38)27-28-24(8-5-17-37(28)19-35-27)18-21-9-13-25(14-10-21)31(32,33)34/h2-10,13-14,17,19-20,23,26H,11-12,15-16,18H2,1H3,(H,36,38)/t20-,23?,26?/m0/s1. The molecule has 1 amide bonds. The molecule has 0 radical (unpaired) electrons. The largest absolute Gasteiger partial charge is 0.458 e. The summed E-state index contributed by atoms with van der Waals surface area (Å²) in [5.74, 6) is -0.733. The minimum atomic E-state index is -4.39. The van der Waals surface area contributed by atoms with Gasteiger partial charge in [0.15, 0.2) is 5.69 Å². The summed E-state index contributed by atoms with van der Waals surface area (Å²) in [6.07, 6.45) is 1.51. The van der Waals surface area contributed by atoms with E-state index in [-0.39, 0.29) is 35.6 Å². The zero-order valence-corrected chi connectivity index (χ0v) is 22.0. The third-order valence-corrected chi connectivity index (χ3v) is 7.49. The number of carbonyl (C=O) groups excluding carboxylic acids is 2. The van der Waals surface area contributed by atoms with E-state index in [4.69, 9.17) is 4.74 Å². The summed E-state index contributed by atoms with van der Waals surface area (Å²) < 4.78 is 46.3. The molecule has 1 atom stereocenters. The number of carbonyl (C=O) groups is 2. The van der Waals surface area contributed by atoms with Gasteiger partial charge < -0.3 is 14.5 Å². The quantitative estimate of drug-likeness (QED) is 0.266. The summed E-state index contributed by atoms with van der Waals surface area (Å²) in [4.78, 5) is 30.3. The number of fused-ring (bicyclic) bond motifs is 1. The lowest BCUT2D eigenvalue weighted by molar-refractivity contribution is -0.154. The summed E-state index contributed by atoms with van der Waals surface area (Å²) in [5, 5.41) is 3.06. The van der Waals surface area contributed by atoms with Crippen LogP contribution in [0.2, 0.25) is 0 Å². The van der Waals surface area contributed by atoms with Gasteiger partial charge in [-0.15, -0.1) is 0 Å². The fourth-order valence-corrected chi connectivity index (χ4v) is 5.25. The van der Waals surface area contributed by atoms with Crippen LogP contribution in [-0.4, -0.2) is 27.3 Å². The second-order valence-electron chi connectivity index (χ2n) is 10.3. The molecule has 40 heavy (non-hydrogen) atoms. The minimum absolute atomic E-state index is 0.0954. The van der Waals surface area contributed by atoms with Crippen LogP contribution in [0.5, 0.6) is 0 Å². The molecule has 1 aliphatic carbocycles. The maximum atomic E-state index is 13.3. The predicted molar refractivity (Wildman–Crippen MR) is 144 cm³/mol.